The number of rotatable bonds is 1. The van der Waals surface area contributed by atoms with E-state index in [0.29, 0.717) is 12.8 Å². The summed E-state index contributed by atoms with van der Waals surface area (Å²) in [6.07, 6.45) is 1.17. The minimum atomic E-state index is -0.245. The van der Waals surface area contributed by atoms with Gasteiger partial charge in [-0.2, -0.15) is 11.8 Å². The Morgan fingerprint density at radius 1 is 1.43 bits per heavy atom. The van der Waals surface area contributed by atoms with Crippen LogP contribution in [0, 0.1) is 0 Å². The van der Waals surface area contributed by atoms with Gasteiger partial charge < -0.3 is 10.2 Å². The number of hydrogen-bond donors (Lipinski definition) is 1. The van der Waals surface area contributed by atoms with Crippen molar-refractivity contribution in [1.82, 2.24) is 10.2 Å². The normalized spacial score (nSPS) is 27.6. The number of nitrogens with zero attached hydrogens (tertiary/aromatic N) is 1. The zero-order valence-electron chi connectivity index (χ0n) is 7.99. The average Bonchev–Trinajstić information content (AvgIpc) is 2.65. The summed E-state index contributed by atoms with van der Waals surface area (Å²) in [5.74, 6) is 2.16. The number of thioether (sulfide) groups is 1. The molecule has 5 heteroatoms. The molecule has 0 aromatic carbocycles. The first-order chi connectivity index (χ1) is 6.77. The van der Waals surface area contributed by atoms with Gasteiger partial charge in [0.05, 0.1) is 0 Å². The van der Waals surface area contributed by atoms with Crippen LogP contribution >= 0.6 is 11.8 Å². The maximum absolute atomic E-state index is 11.8. The molecule has 14 heavy (non-hydrogen) atoms. The number of amides is 2. The fraction of sp³-hybridized carbons (Fsp3) is 0.778. The molecule has 0 aromatic heterocycles. The van der Waals surface area contributed by atoms with E-state index in [0.717, 1.165) is 24.6 Å². The molecule has 0 spiro atoms. The van der Waals surface area contributed by atoms with Gasteiger partial charge in [0, 0.05) is 31.0 Å². The van der Waals surface area contributed by atoms with Crippen LogP contribution in [0.1, 0.15) is 12.8 Å². The second-order valence-corrected chi connectivity index (χ2v) is 4.82. The van der Waals surface area contributed by atoms with Gasteiger partial charge in [-0.25, -0.2) is 0 Å². The monoisotopic (exact) mass is 214 g/mol. The molecule has 2 fully saturated rings. The highest BCUT2D eigenvalue weighted by atomic mass is 32.2. The Labute approximate surface area is 87.4 Å². The molecule has 2 amide bonds. The molecule has 0 saturated carbocycles. The lowest BCUT2D eigenvalue weighted by molar-refractivity contribution is -0.134. The lowest BCUT2D eigenvalue weighted by Crippen LogP contribution is -2.47. The number of nitrogens with one attached hydrogen (secondary N) is 1. The largest absolute Gasteiger partial charge is 0.344 e. The summed E-state index contributed by atoms with van der Waals surface area (Å²) in [5, 5.41) is 2.71. The van der Waals surface area contributed by atoms with E-state index in [1.807, 2.05) is 16.7 Å². The number of carbonyl (C=O) groups excluding carboxylic acids is 2. The molecule has 0 radical (unpaired) electrons. The predicted molar refractivity (Wildman–Crippen MR) is 55.1 cm³/mol. The van der Waals surface area contributed by atoms with Gasteiger partial charge in [0.15, 0.2) is 0 Å². The summed E-state index contributed by atoms with van der Waals surface area (Å²) >= 11 is 1.88. The molecule has 2 rings (SSSR count). The van der Waals surface area contributed by atoms with Crippen LogP contribution in [0.15, 0.2) is 0 Å². The smallest absolute Gasteiger partial charge is 0.245 e. The Hall–Kier alpha value is -0.710. The lowest BCUT2D eigenvalue weighted by Gasteiger charge is -2.28. The minimum absolute atomic E-state index is 0.00901. The molecular formula is C9H14N2O2S. The van der Waals surface area contributed by atoms with Crippen molar-refractivity contribution in [3.63, 3.8) is 0 Å². The van der Waals surface area contributed by atoms with Crippen LogP contribution in [-0.2, 0) is 9.59 Å². The zero-order chi connectivity index (χ0) is 9.97. The molecule has 78 valence electrons. The molecule has 1 unspecified atom stereocenters. The van der Waals surface area contributed by atoms with Gasteiger partial charge in [-0.05, 0) is 6.42 Å². The van der Waals surface area contributed by atoms with Crippen molar-refractivity contribution in [3.8, 4) is 0 Å². The minimum Gasteiger partial charge on any atom is -0.344 e. The van der Waals surface area contributed by atoms with Crippen LogP contribution in [0.4, 0.5) is 0 Å². The van der Waals surface area contributed by atoms with Crippen molar-refractivity contribution in [2.45, 2.75) is 18.9 Å². The Morgan fingerprint density at radius 3 is 2.71 bits per heavy atom. The Balaban J connectivity index is 1.90. The van der Waals surface area contributed by atoms with Gasteiger partial charge in [0.1, 0.15) is 6.04 Å². The van der Waals surface area contributed by atoms with E-state index in [9.17, 15) is 9.59 Å². The maximum Gasteiger partial charge on any atom is 0.245 e. The fourth-order valence-electron chi connectivity index (χ4n) is 1.80. The van der Waals surface area contributed by atoms with E-state index < -0.39 is 0 Å². The van der Waals surface area contributed by atoms with Crippen molar-refractivity contribution >= 4 is 23.6 Å². The highest BCUT2D eigenvalue weighted by molar-refractivity contribution is 7.99. The standard InChI is InChI=1S/C9H14N2O2S/c12-8-2-1-7(10-8)9(13)11-3-5-14-6-4-11/h7H,1-6H2,(H,10,12). The van der Waals surface area contributed by atoms with E-state index in [2.05, 4.69) is 5.32 Å². The van der Waals surface area contributed by atoms with Gasteiger partial charge >= 0.3 is 0 Å². The summed E-state index contributed by atoms with van der Waals surface area (Å²) in [6.45, 7) is 1.66. The van der Waals surface area contributed by atoms with Crippen LogP contribution in [0.3, 0.4) is 0 Å². The molecule has 2 heterocycles. The van der Waals surface area contributed by atoms with E-state index in [1.165, 1.54) is 0 Å². The van der Waals surface area contributed by atoms with Gasteiger partial charge in [0.25, 0.3) is 0 Å². The predicted octanol–water partition coefficient (Wildman–Crippen LogP) is -0.160. The first-order valence-corrected chi connectivity index (χ1v) is 6.09. The molecule has 2 aliphatic heterocycles. The average molecular weight is 214 g/mol. The summed E-state index contributed by atoms with van der Waals surface area (Å²) < 4.78 is 0. The van der Waals surface area contributed by atoms with Crippen molar-refractivity contribution in [1.29, 1.82) is 0 Å². The Bertz CT molecular complexity index is 251. The summed E-state index contributed by atoms with van der Waals surface area (Å²) in [4.78, 5) is 24.7. The third kappa shape index (κ3) is 2.03. The SMILES string of the molecule is O=C1CCC(C(=O)N2CCSCC2)N1. The van der Waals surface area contributed by atoms with Crippen LogP contribution in [0.25, 0.3) is 0 Å². The maximum atomic E-state index is 11.8. The fourth-order valence-corrected chi connectivity index (χ4v) is 2.71. The lowest BCUT2D eigenvalue weighted by atomic mass is 10.2. The number of carbonyl (C=O) groups is 2. The van der Waals surface area contributed by atoms with E-state index in [-0.39, 0.29) is 17.9 Å². The van der Waals surface area contributed by atoms with Crippen LogP contribution in [0.5, 0.6) is 0 Å². The van der Waals surface area contributed by atoms with Crippen molar-refractivity contribution in [3.05, 3.63) is 0 Å². The van der Waals surface area contributed by atoms with Crippen LogP contribution in [-0.4, -0.2) is 47.4 Å². The summed E-state index contributed by atoms with van der Waals surface area (Å²) in [7, 11) is 0. The van der Waals surface area contributed by atoms with Crippen molar-refractivity contribution < 1.29 is 9.59 Å². The molecule has 0 bridgehead atoms. The third-order valence-corrected chi connectivity index (χ3v) is 3.56. The van der Waals surface area contributed by atoms with Crippen LogP contribution < -0.4 is 5.32 Å². The highest BCUT2D eigenvalue weighted by Gasteiger charge is 2.31. The van der Waals surface area contributed by atoms with E-state index in [1.54, 1.807) is 0 Å². The molecule has 0 aliphatic carbocycles. The number of hydrogen-bond acceptors (Lipinski definition) is 3. The Kier molecular flexibility index (Phi) is 2.96. The van der Waals surface area contributed by atoms with Crippen molar-refractivity contribution in [2.75, 3.05) is 24.6 Å². The molecule has 0 aromatic rings. The Morgan fingerprint density at radius 2 is 2.14 bits per heavy atom. The summed E-state index contributed by atoms with van der Waals surface area (Å²) in [6, 6.07) is -0.245. The second kappa shape index (κ2) is 4.21. The highest BCUT2D eigenvalue weighted by Crippen LogP contribution is 2.14. The quantitative estimate of drug-likeness (QED) is 0.660. The molecule has 2 saturated heterocycles. The topological polar surface area (TPSA) is 49.4 Å². The molecule has 1 N–H and O–H groups in total. The second-order valence-electron chi connectivity index (χ2n) is 3.60. The van der Waals surface area contributed by atoms with Gasteiger partial charge in [-0.1, -0.05) is 0 Å². The molecule has 4 nitrogen and oxygen atoms in total. The van der Waals surface area contributed by atoms with Gasteiger partial charge in [-0.3, -0.25) is 9.59 Å². The first-order valence-electron chi connectivity index (χ1n) is 4.93. The van der Waals surface area contributed by atoms with Crippen molar-refractivity contribution in [2.24, 2.45) is 0 Å². The molecule has 1 atom stereocenters. The zero-order valence-corrected chi connectivity index (χ0v) is 8.81. The van der Waals surface area contributed by atoms with Gasteiger partial charge in [-0.15, -0.1) is 0 Å². The van der Waals surface area contributed by atoms with Gasteiger partial charge in [0.2, 0.25) is 11.8 Å². The molecular weight excluding hydrogens is 200 g/mol. The van der Waals surface area contributed by atoms with Crippen LogP contribution in [0.2, 0.25) is 0 Å². The summed E-state index contributed by atoms with van der Waals surface area (Å²) in [5.41, 5.74) is 0. The van der Waals surface area contributed by atoms with E-state index in [4.69, 9.17) is 0 Å². The third-order valence-electron chi connectivity index (χ3n) is 2.62. The molecule has 2 aliphatic rings. The first kappa shape index (κ1) is 9.83. The van der Waals surface area contributed by atoms with E-state index >= 15 is 0 Å².